The molecular formula is C23H21N3O6. The van der Waals surface area contributed by atoms with E-state index >= 15 is 0 Å². The van der Waals surface area contributed by atoms with Crippen LogP contribution in [0.5, 0.6) is 11.5 Å². The minimum atomic E-state index is -0.525. The number of nitrogens with zero attached hydrogens (tertiary/aromatic N) is 1. The number of rotatable bonds is 8. The molecule has 9 heteroatoms. The lowest BCUT2D eigenvalue weighted by Crippen LogP contribution is -2.15. The molecule has 2 aromatic carbocycles. The first-order valence-electron chi connectivity index (χ1n) is 9.50. The zero-order valence-electron chi connectivity index (χ0n) is 17.5. The molecule has 2 N–H and O–H groups in total. The summed E-state index contributed by atoms with van der Waals surface area (Å²) in [4.78, 5) is 40.1. The van der Waals surface area contributed by atoms with Gasteiger partial charge in [0.05, 0.1) is 25.5 Å². The highest BCUT2D eigenvalue weighted by molar-refractivity contribution is 6.06. The summed E-state index contributed by atoms with van der Waals surface area (Å²) in [5, 5.41) is 5.51. The number of hydrogen-bond donors (Lipinski definition) is 2. The molecule has 2 amide bonds. The SMILES string of the molecule is COC(=O)COc1cccc(C(=O)Nc2ccc(NC(=O)c3cccnc3)c(OC)c2)c1. The van der Waals surface area contributed by atoms with E-state index in [1.54, 1.807) is 54.7 Å². The number of anilines is 2. The van der Waals surface area contributed by atoms with Gasteiger partial charge in [-0.3, -0.25) is 14.6 Å². The van der Waals surface area contributed by atoms with Gasteiger partial charge in [-0.1, -0.05) is 6.07 Å². The molecule has 0 saturated carbocycles. The van der Waals surface area contributed by atoms with Crippen LogP contribution < -0.4 is 20.1 Å². The van der Waals surface area contributed by atoms with Gasteiger partial charge >= 0.3 is 5.97 Å². The van der Waals surface area contributed by atoms with Crippen molar-refractivity contribution < 1.29 is 28.6 Å². The Kier molecular flexibility index (Phi) is 7.37. The largest absolute Gasteiger partial charge is 0.494 e. The number of benzene rings is 2. The Hall–Kier alpha value is -4.40. The zero-order chi connectivity index (χ0) is 22.9. The van der Waals surface area contributed by atoms with Crippen molar-refractivity contribution in [2.45, 2.75) is 0 Å². The minimum absolute atomic E-state index is 0.259. The average Bonchev–Trinajstić information content (AvgIpc) is 2.84. The van der Waals surface area contributed by atoms with E-state index in [9.17, 15) is 14.4 Å². The normalized spacial score (nSPS) is 10.1. The van der Waals surface area contributed by atoms with Gasteiger partial charge in [0.25, 0.3) is 11.8 Å². The number of hydrogen-bond acceptors (Lipinski definition) is 7. The number of ether oxygens (including phenoxy) is 3. The van der Waals surface area contributed by atoms with E-state index in [1.165, 1.54) is 26.5 Å². The monoisotopic (exact) mass is 435 g/mol. The van der Waals surface area contributed by atoms with Crippen LogP contribution in [-0.2, 0) is 9.53 Å². The fourth-order valence-electron chi connectivity index (χ4n) is 2.70. The first kappa shape index (κ1) is 22.3. The summed E-state index contributed by atoms with van der Waals surface area (Å²) in [6.45, 7) is -0.259. The summed E-state index contributed by atoms with van der Waals surface area (Å²) in [5.74, 6) is -0.522. The molecule has 9 nitrogen and oxygen atoms in total. The van der Waals surface area contributed by atoms with Gasteiger partial charge in [0.1, 0.15) is 11.5 Å². The molecule has 0 unspecified atom stereocenters. The average molecular weight is 435 g/mol. The second-order valence-corrected chi connectivity index (χ2v) is 6.46. The number of amides is 2. The van der Waals surface area contributed by atoms with Crippen LogP contribution in [0.25, 0.3) is 0 Å². The van der Waals surface area contributed by atoms with Crippen molar-refractivity contribution in [2.24, 2.45) is 0 Å². The molecule has 0 bridgehead atoms. The van der Waals surface area contributed by atoms with E-state index in [2.05, 4.69) is 20.4 Å². The Balaban J connectivity index is 1.69. The van der Waals surface area contributed by atoms with Crippen LogP contribution in [0.3, 0.4) is 0 Å². The predicted molar refractivity (Wildman–Crippen MR) is 117 cm³/mol. The third-order valence-corrected chi connectivity index (χ3v) is 4.31. The molecule has 0 atom stereocenters. The number of aromatic nitrogens is 1. The maximum Gasteiger partial charge on any atom is 0.343 e. The quantitative estimate of drug-likeness (QED) is 0.522. The molecule has 3 rings (SSSR count). The number of esters is 1. The fraction of sp³-hybridized carbons (Fsp3) is 0.130. The van der Waals surface area contributed by atoms with Gasteiger partial charge in [0.2, 0.25) is 0 Å². The van der Waals surface area contributed by atoms with Crippen molar-refractivity contribution in [1.29, 1.82) is 0 Å². The lowest BCUT2D eigenvalue weighted by atomic mass is 10.2. The smallest absolute Gasteiger partial charge is 0.343 e. The van der Waals surface area contributed by atoms with Crippen molar-refractivity contribution in [3.63, 3.8) is 0 Å². The summed E-state index contributed by atoms with van der Waals surface area (Å²) in [7, 11) is 2.72. The van der Waals surface area contributed by atoms with E-state index in [-0.39, 0.29) is 18.4 Å². The highest BCUT2D eigenvalue weighted by Gasteiger charge is 2.13. The molecule has 0 fully saturated rings. The molecule has 32 heavy (non-hydrogen) atoms. The maximum atomic E-state index is 12.6. The van der Waals surface area contributed by atoms with Gasteiger partial charge in [0, 0.05) is 29.7 Å². The first-order valence-corrected chi connectivity index (χ1v) is 9.50. The van der Waals surface area contributed by atoms with Gasteiger partial charge in [-0.2, -0.15) is 0 Å². The molecule has 0 aliphatic rings. The molecule has 164 valence electrons. The van der Waals surface area contributed by atoms with E-state index in [1.807, 2.05) is 0 Å². The van der Waals surface area contributed by atoms with Gasteiger partial charge in [0.15, 0.2) is 6.61 Å². The van der Waals surface area contributed by atoms with Crippen LogP contribution in [0.15, 0.2) is 67.0 Å². The zero-order valence-corrected chi connectivity index (χ0v) is 17.5. The summed E-state index contributed by atoms with van der Waals surface area (Å²) in [5.41, 5.74) is 1.64. The second kappa shape index (κ2) is 10.6. The number of methoxy groups -OCH3 is 2. The third-order valence-electron chi connectivity index (χ3n) is 4.31. The maximum absolute atomic E-state index is 12.6. The van der Waals surface area contributed by atoms with E-state index < -0.39 is 5.97 Å². The molecule has 0 radical (unpaired) electrons. The Morgan fingerprint density at radius 1 is 0.906 bits per heavy atom. The van der Waals surface area contributed by atoms with Crippen molar-refractivity contribution in [3.8, 4) is 11.5 Å². The van der Waals surface area contributed by atoms with Crippen molar-refractivity contribution in [1.82, 2.24) is 4.98 Å². The lowest BCUT2D eigenvalue weighted by molar-refractivity contribution is -0.142. The highest BCUT2D eigenvalue weighted by atomic mass is 16.6. The standard InChI is InChI=1S/C23H21N3O6/c1-30-20-12-17(8-9-19(20)26-23(29)16-6-4-10-24-13-16)25-22(28)15-5-3-7-18(11-15)32-14-21(27)31-2/h3-13H,14H2,1-2H3,(H,25,28)(H,26,29). The van der Waals surface area contributed by atoms with Crippen molar-refractivity contribution >= 4 is 29.2 Å². The van der Waals surface area contributed by atoms with E-state index in [4.69, 9.17) is 9.47 Å². The van der Waals surface area contributed by atoms with Crippen LogP contribution >= 0.6 is 0 Å². The molecule has 0 spiro atoms. The molecule has 0 aliphatic heterocycles. The fourth-order valence-corrected chi connectivity index (χ4v) is 2.70. The Morgan fingerprint density at radius 3 is 2.41 bits per heavy atom. The lowest BCUT2D eigenvalue weighted by Gasteiger charge is -2.13. The molecule has 0 aliphatic carbocycles. The van der Waals surface area contributed by atoms with E-state index in [0.717, 1.165) is 0 Å². The second-order valence-electron chi connectivity index (χ2n) is 6.46. The van der Waals surface area contributed by atoms with Crippen LogP contribution in [0.2, 0.25) is 0 Å². The van der Waals surface area contributed by atoms with Gasteiger partial charge in [-0.15, -0.1) is 0 Å². The third kappa shape index (κ3) is 5.82. The Bertz CT molecular complexity index is 1120. The molecule has 3 aromatic rings. The topological polar surface area (TPSA) is 116 Å². The van der Waals surface area contributed by atoms with Crippen LogP contribution in [-0.4, -0.2) is 43.6 Å². The number of nitrogens with one attached hydrogen (secondary N) is 2. The Morgan fingerprint density at radius 2 is 1.69 bits per heavy atom. The minimum Gasteiger partial charge on any atom is -0.494 e. The molecular weight excluding hydrogens is 414 g/mol. The molecule has 0 saturated heterocycles. The number of pyridine rings is 1. The summed E-state index contributed by atoms with van der Waals surface area (Å²) >= 11 is 0. The van der Waals surface area contributed by atoms with E-state index in [0.29, 0.717) is 34.0 Å². The van der Waals surface area contributed by atoms with Gasteiger partial charge in [-0.05, 0) is 42.5 Å². The predicted octanol–water partition coefficient (Wildman–Crippen LogP) is 3.15. The molecule has 1 heterocycles. The van der Waals surface area contributed by atoms with Crippen LogP contribution in [0.4, 0.5) is 11.4 Å². The summed E-state index contributed by atoms with van der Waals surface area (Å²) in [6, 6.07) is 14.6. The molecule has 1 aromatic heterocycles. The van der Waals surface area contributed by atoms with Crippen molar-refractivity contribution in [3.05, 3.63) is 78.1 Å². The summed E-state index contributed by atoms with van der Waals surface area (Å²) < 4.78 is 15.2. The highest BCUT2D eigenvalue weighted by Crippen LogP contribution is 2.29. The Labute approximate surface area is 184 Å². The van der Waals surface area contributed by atoms with Crippen LogP contribution in [0.1, 0.15) is 20.7 Å². The first-order chi connectivity index (χ1) is 15.5. The van der Waals surface area contributed by atoms with Gasteiger partial charge < -0.3 is 24.8 Å². The van der Waals surface area contributed by atoms with Gasteiger partial charge in [-0.25, -0.2) is 4.79 Å². The number of carbonyl (C=O) groups is 3. The van der Waals surface area contributed by atoms with Crippen molar-refractivity contribution in [2.75, 3.05) is 31.5 Å². The number of carbonyl (C=O) groups excluding carboxylic acids is 3. The van der Waals surface area contributed by atoms with Crippen LogP contribution in [0, 0.1) is 0 Å². The summed E-state index contributed by atoms with van der Waals surface area (Å²) in [6.07, 6.45) is 3.04.